The van der Waals surface area contributed by atoms with Crippen molar-refractivity contribution in [3.8, 4) is 0 Å². The van der Waals surface area contributed by atoms with Crippen LogP contribution >= 0.6 is 11.3 Å². The Kier molecular flexibility index (Phi) is 4.77. The van der Waals surface area contributed by atoms with Crippen LogP contribution in [0.25, 0.3) is 0 Å². The highest BCUT2D eigenvalue weighted by Crippen LogP contribution is 2.24. The molecular formula is C12H19N3O3S2. The van der Waals surface area contributed by atoms with E-state index in [9.17, 15) is 13.2 Å². The molecule has 1 amide bonds. The Morgan fingerprint density at radius 2 is 2.35 bits per heavy atom. The van der Waals surface area contributed by atoms with Gasteiger partial charge in [0.2, 0.25) is 15.9 Å². The number of anilines is 1. The molecule has 0 radical (unpaired) electrons. The Bertz CT molecular complexity index is 583. The number of carbonyl (C=O) groups is 1. The molecule has 1 aliphatic rings. The Balaban J connectivity index is 2.08. The number of aromatic nitrogens is 1. The molecule has 1 N–H and O–H groups in total. The molecule has 8 heteroatoms. The molecule has 6 nitrogen and oxygen atoms in total. The highest BCUT2D eigenvalue weighted by Gasteiger charge is 2.38. The van der Waals surface area contributed by atoms with Crippen LogP contribution in [0.15, 0.2) is 6.20 Å². The third-order valence-corrected chi connectivity index (χ3v) is 6.08. The first-order valence-corrected chi connectivity index (χ1v) is 9.09. The van der Waals surface area contributed by atoms with E-state index in [-0.39, 0.29) is 11.7 Å². The van der Waals surface area contributed by atoms with Crippen molar-refractivity contribution in [1.29, 1.82) is 0 Å². The zero-order valence-electron chi connectivity index (χ0n) is 11.6. The minimum Gasteiger partial charge on any atom is -0.301 e. The van der Waals surface area contributed by atoms with E-state index < -0.39 is 16.1 Å². The third-order valence-electron chi connectivity index (χ3n) is 3.18. The van der Waals surface area contributed by atoms with Gasteiger partial charge in [0.25, 0.3) is 0 Å². The van der Waals surface area contributed by atoms with Gasteiger partial charge in [-0.3, -0.25) is 4.79 Å². The number of sulfonamides is 1. The van der Waals surface area contributed by atoms with Crippen LogP contribution in [0.3, 0.4) is 0 Å². The van der Waals surface area contributed by atoms with Crippen LogP contribution < -0.4 is 5.32 Å². The maximum Gasteiger partial charge on any atom is 0.244 e. The van der Waals surface area contributed by atoms with Crippen molar-refractivity contribution in [2.24, 2.45) is 0 Å². The van der Waals surface area contributed by atoms with Gasteiger partial charge in [-0.25, -0.2) is 13.4 Å². The first-order chi connectivity index (χ1) is 9.44. The number of carbonyl (C=O) groups excluding carboxylic acids is 1. The average Bonchev–Trinajstić information content (AvgIpc) is 2.98. The second-order valence-electron chi connectivity index (χ2n) is 4.85. The summed E-state index contributed by atoms with van der Waals surface area (Å²) in [7, 11) is -3.34. The Morgan fingerprint density at radius 1 is 1.60 bits per heavy atom. The van der Waals surface area contributed by atoms with Crippen LogP contribution in [0.5, 0.6) is 0 Å². The molecule has 0 saturated carbocycles. The van der Waals surface area contributed by atoms with Gasteiger partial charge >= 0.3 is 0 Å². The van der Waals surface area contributed by atoms with Crippen LogP contribution in [0.4, 0.5) is 5.13 Å². The second-order valence-corrected chi connectivity index (χ2v) is 8.13. The van der Waals surface area contributed by atoms with Gasteiger partial charge in [0, 0.05) is 17.6 Å². The minimum atomic E-state index is -3.34. The smallest absolute Gasteiger partial charge is 0.244 e. The van der Waals surface area contributed by atoms with E-state index in [2.05, 4.69) is 10.3 Å². The molecule has 1 aliphatic heterocycles. The van der Waals surface area contributed by atoms with E-state index in [0.29, 0.717) is 24.5 Å². The molecule has 0 bridgehead atoms. The minimum absolute atomic E-state index is 0.0904. The highest BCUT2D eigenvalue weighted by molar-refractivity contribution is 7.89. The van der Waals surface area contributed by atoms with E-state index in [1.165, 1.54) is 15.6 Å². The molecule has 1 aromatic rings. The predicted molar refractivity (Wildman–Crippen MR) is 79.3 cm³/mol. The maximum absolute atomic E-state index is 12.2. The van der Waals surface area contributed by atoms with Crippen molar-refractivity contribution in [3.63, 3.8) is 0 Å². The lowest BCUT2D eigenvalue weighted by Crippen LogP contribution is -2.43. The van der Waals surface area contributed by atoms with Gasteiger partial charge in [-0.2, -0.15) is 4.31 Å². The topological polar surface area (TPSA) is 79.4 Å². The molecule has 1 aromatic heterocycles. The summed E-state index contributed by atoms with van der Waals surface area (Å²) in [4.78, 5) is 17.3. The largest absolute Gasteiger partial charge is 0.301 e. The van der Waals surface area contributed by atoms with E-state index in [1.807, 2.05) is 13.8 Å². The Morgan fingerprint density at radius 3 is 2.95 bits per heavy atom. The number of thiazole rings is 1. The lowest BCUT2D eigenvalue weighted by molar-refractivity contribution is -0.119. The Labute approximate surface area is 123 Å². The lowest BCUT2D eigenvalue weighted by atomic mass is 10.2. The van der Waals surface area contributed by atoms with Gasteiger partial charge in [-0.05, 0) is 26.2 Å². The number of hydrogen-bond acceptors (Lipinski definition) is 5. The summed E-state index contributed by atoms with van der Waals surface area (Å²) >= 11 is 1.38. The van der Waals surface area contributed by atoms with Crippen LogP contribution in [0, 0.1) is 6.92 Å². The summed E-state index contributed by atoms with van der Waals surface area (Å²) in [5.41, 5.74) is 0. The molecule has 0 aliphatic carbocycles. The van der Waals surface area contributed by atoms with Gasteiger partial charge in [-0.15, -0.1) is 11.3 Å². The van der Waals surface area contributed by atoms with Gasteiger partial charge < -0.3 is 5.32 Å². The third kappa shape index (κ3) is 3.36. The normalized spacial score (nSPS) is 20.2. The van der Waals surface area contributed by atoms with Crippen molar-refractivity contribution >= 4 is 32.4 Å². The van der Waals surface area contributed by atoms with Crippen LogP contribution in [0.1, 0.15) is 31.1 Å². The number of aryl methyl sites for hydroxylation is 1. The number of nitrogens with zero attached hydrogens (tertiary/aromatic N) is 2. The molecule has 1 unspecified atom stereocenters. The van der Waals surface area contributed by atoms with Crippen molar-refractivity contribution in [2.45, 2.75) is 39.2 Å². The monoisotopic (exact) mass is 317 g/mol. The zero-order valence-corrected chi connectivity index (χ0v) is 13.3. The molecule has 0 aromatic carbocycles. The van der Waals surface area contributed by atoms with E-state index in [1.54, 1.807) is 6.20 Å². The van der Waals surface area contributed by atoms with Crippen LogP contribution in [-0.2, 0) is 14.8 Å². The summed E-state index contributed by atoms with van der Waals surface area (Å²) in [6, 6.07) is -0.601. The lowest BCUT2D eigenvalue weighted by Gasteiger charge is -2.22. The fraction of sp³-hybridized carbons (Fsp3) is 0.667. The van der Waals surface area contributed by atoms with Gasteiger partial charge in [0.15, 0.2) is 5.13 Å². The first kappa shape index (κ1) is 15.4. The molecule has 1 saturated heterocycles. The van der Waals surface area contributed by atoms with Gasteiger partial charge in [0.05, 0.1) is 5.75 Å². The standard InChI is InChI=1S/C12H19N3O3S2/c1-3-7-20(17,18)15-6-4-5-10(15)11(16)14-12-13-8-9(2)19-12/h8,10H,3-7H2,1-2H3,(H,13,14,16). The fourth-order valence-electron chi connectivity index (χ4n) is 2.31. The first-order valence-electron chi connectivity index (χ1n) is 6.67. The summed E-state index contributed by atoms with van der Waals surface area (Å²) in [6.45, 7) is 4.15. The van der Waals surface area contributed by atoms with Crippen molar-refractivity contribution in [3.05, 3.63) is 11.1 Å². The van der Waals surface area contributed by atoms with E-state index in [0.717, 1.165) is 11.3 Å². The molecule has 112 valence electrons. The molecule has 1 fully saturated rings. The van der Waals surface area contributed by atoms with E-state index in [4.69, 9.17) is 0 Å². The quantitative estimate of drug-likeness (QED) is 0.894. The van der Waals surface area contributed by atoms with Crippen LogP contribution in [-0.4, -0.2) is 42.0 Å². The molecule has 20 heavy (non-hydrogen) atoms. The maximum atomic E-state index is 12.2. The fourth-order valence-corrected chi connectivity index (χ4v) is 4.73. The summed E-state index contributed by atoms with van der Waals surface area (Å²) in [6.07, 6.45) is 3.52. The van der Waals surface area contributed by atoms with Crippen molar-refractivity contribution in [2.75, 3.05) is 17.6 Å². The second kappa shape index (κ2) is 6.19. The van der Waals surface area contributed by atoms with Crippen LogP contribution in [0.2, 0.25) is 0 Å². The molecular weight excluding hydrogens is 298 g/mol. The number of amides is 1. The summed E-state index contributed by atoms with van der Waals surface area (Å²) in [5, 5.41) is 3.23. The average molecular weight is 317 g/mol. The summed E-state index contributed by atoms with van der Waals surface area (Å²) < 4.78 is 25.6. The number of hydrogen-bond donors (Lipinski definition) is 1. The molecule has 1 atom stereocenters. The number of rotatable bonds is 5. The van der Waals surface area contributed by atoms with Gasteiger partial charge in [0.1, 0.15) is 6.04 Å². The van der Waals surface area contributed by atoms with E-state index >= 15 is 0 Å². The molecule has 2 rings (SSSR count). The molecule has 2 heterocycles. The number of nitrogens with one attached hydrogen (secondary N) is 1. The molecule has 0 spiro atoms. The van der Waals surface area contributed by atoms with Crippen molar-refractivity contribution < 1.29 is 13.2 Å². The Hall–Kier alpha value is -0.990. The summed E-state index contributed by atoms with van der Waals surface area (Å²) in [5.74, 6) is -0.191. The SMILES string of the molecule is CCCS(=O)(=O)N1CCCC1C(=O)Nc1ncc(C)s1. The van der Waals surface area contributed by atoms with Crippen molar-refractivity contribution in [1.82, 2.24) is 9.29 Å². The predicted octanol–water partition coefficient (Wildman–Crippen LogP) is 1.59. The highest BCUT2D eigenvalue weighted by atomic mass is 32.2. The van der Waals surface area contributed by atoms with Gasteiger partial charge in [-0.1, -0.05) is 6.92 Å². The zero-order chi connectivity index (χ0) is 14.8.